The van der Waals surface area contributed by atoms with Crippen LogP contribution in [0, 0.1) is 11.8 Å². The highest BCUT2D eigenvalue weighted by Gasteiger charge is 2.19. The first-order valence-electron chi connectivity index (χ1n) is 8.10. The zero-order valence-corrected chi connectivity index (χ0v) is 14.3. The molecule has 1 aliphatic rings. The summed E-state index contributed by atoms with van der Waals surface area (Å²) in [6.45, 7) is 6.28. The Morgan fingerprint density at radius 2 is 1.85 bits per heavy atom. The fourth-order valence-corrected chi connectivity index (χ4v) is 3.88. The van der Waals surface area contributed by atoms with Crippen molar-refractivity contribution in [2.24, 2.45) is 11.8 Å². The van der Waals surface area contributed by atoms with Gasteiger partial charge in [0.15, 0.2) is 0 Å². The average molecular weight is 338 g/mol. The Bertz CT molecular complexity index is 357. The summed E-state index contributed by atoms with van der Waals surface area (Å²) in [7, 11) is 0. The molecule has 1 unspecified atom stereocenters. The van der Waals surface area contributed by atoms with Crippen molar-refractivity contribution in [3.8, 4) is 0 Å². The van der Waals surface area contributed by atoms with Crippen molar-refractivity contribution >= 4 is 15.9 Å². The van der Waals surface area contributed by atoms with E-state index in [1.54, 1.807) is 0 Å². The highest BCUT2D eigenvalue weighted by Crippen LogP contribution is 2.22. The van der Waals surface area contributed by atoms with Crippen LogP contribution in [-0.2, 0) is 6.42 Å². The molecule has 0 spiro atoms. The second-order valence-corrected chi connectivity index (χ2v) is 7.14. The van der Waals surface area contributed by atoms with Crippen LogP contribution in [0.1, 0.15) is 38.2 Å². The number of nitrogens with zero attached hydrogens (tertiary/aromatic N) is 1. The lowest BCUT2D eigenvalue weighted by atomic mass is 9.90. The topological polar surface area (TPSA) is 3.24 Å². The van der Waals surface area contributed by atoms with Gasteiger partial charge in [-0.25, -0.2) is 0 Å². The monoisotopic (exact) mass is 337 g/mol. The van der Waals surface area contributed by atoms with Crippen molar-refractivity contribution in [2.45, 2.75) is 39.0 Å². The average Bonchev–Trinajstić information content (AvgIpc) is 2.48. The molecule has 1 fully saturated rings. The van der Waals surface area contributed by atoms with Gasteiger partial charge in [0.05, 0.1) is 0 Å². The maximum Gasteiger partial charge on any atom is 0.00338 e. The van der Waals surface area contributed by atoms with E-state index in [1.165, 1.54) is 57.3 Å². The quantitative estimate of drug-likeness (QED) is 0.649. The van der Waals surface area contributed by atoms with Gasteiger partial charge in [0.25, 0.3) is 0 Å². The van der Waals surface area contributed by atoms with E-state index >= 15 is 0 Å². The molecular weight excluding hydrogens is 310 g/mol. The van der Waals surface area contributed by atoms with Crippen LogP contribution < -0.4 is 0 Å². The molecular formula is C18H28BrN. The van der Waals surface area contributed by atoms with E-state index < -0.39 is 0 Å². The molecule has 0 bridgehead atoms. The summed E-state index contributed by atoms with van der Waals surface area (Å²) in [4.78, 5) is 2.67. The Kier molecular flexibility index (Phi) is 7.09. The van der Waals surface area contributed by atoms with E-state index in [9.17, 15) is 0 Å². The van der Waals surface area contributed by atoms with Crippen LogP contribution in [0.4, 0.5) is 0 Å². The second-order valence-electron chi connectivity index (χ2n) is 6.35. The van der Waals surface area contributed by atoms with Gasteiger partial charge in [0.2, 0.25) is 0 Å². The van der Waals surface area contributed by atoms with Gasteiger partial charge in [0, 0.05) is 5.33 Å². The second kappa shape index (κ2) is 8.84. The molecule has 1 heterocycles. The summed E-state index contributed by atoms with van der Waals surface area (Å²) in [5.74, 6) is 1.75. The number of hydrogen-bond acceptors (Lipinski definition) is 1. The van der Waals surface area contributed by atoms with Gasteiger partial charge in [-0.05, 0) is 69.1 Å². The number of hydrogen-bond donors (Lipinski definition) is 0. The van der Waals surface area contributed by atoms with Crippen LogP contribution in [0.15, 0.2) is 30.3 Å². The Morgan fingerprint density at radius 1 is 1.15 bits per heavy atom. The summed E-state index contributed by atoms with van der Waals surface area (Å²) in [5, 5.41) is 1.15. The lowest BCUT2D eigenvalue weighted by molar-refractivity contribution is 0.174. The highest BCUT2D eigenvalue weighted by molar-refractivity contribution is 9.09. The van der Waals surface area contributed by atoms with Crippen LogP contribution in [0.3, 0.4) is 0 Å². The van der Waals surface area contributed by atoms with Crippen molar-refractivity contribution in [3.63, 3.8) is 0 Å². The van der Waals surface area contributed by atoms with Gasteiger partial charge < -0.3 is 4.90 Å². The minimum atomic E-state index is 0.858. The third-order valence-corrected chi connectivity index (χ3v) is 5.07. The summed E-state index contributed by atoms with van der Waals surface area (Å²) >= 11 is 3.54. The Labute approximate surface area is 132 Å². The molecule has 0 aromatic heterocycles. The van der Waals surface area contributed by atoms with E-state index in [1.807, 2.05) is 0 Å². The summed E-state index contributed by atoms with van der Waals surface area (Å²) in [6, 6.07) is 11.0. The number of alkyl halides is 1. The SMILES string of the molecule is CC(CCBr)CCN1CCC(Cc2ccccc2)CC1. The predicted octanol–water partition coefficient (Wildman–Crippen LogP) is 4.75. The normalized spacial score (nSPS) is 19.1. The molecule has 1 aliphatic heterocycles. The third kappa shape index (κ3) is 5.57. The first-order valence-corrected chi connectivity index (χ1v) is 9.22. The fraction of sp³-hybridized carbons (Fsp3) is 0.667. The van der Waals surface area contributed by atoms with E-state index in [-0.39, 0.29) is 0 Å². The molecule has 1 aromatic carbocycles. The Hall–Kier alpha value is -0.340. The molecule has 0 saturated carbocycles. The van der Waals surface area contributed by atoms with Gasteiger partial charge in [-0.3, -0.25) is 0 Å². The minimum absolute atomic E-state index is 0.858. The zero-order chi connectivity index (χ0) is 14.2. The molecule has 0 amide bonds. The highest BCUT2D eigenvalue weighted by atomic mass is 79.9. The fourth-order valence-electron chi connectivity index (χ4n) is 3.10. The summed E-state index contributed by atoms with van der Waals surface area (Å²) in [6.07, 6.45) is 6.69. The van der Waals surface area contributed by atoms with Gasteiger partial charge >= 0.3 is 0 Å². The van der Waals surface area contributed by atoms with Crippen LogP contribution >= 0.6 is 15.9 Å². The smallest absolute Gasteiger partial charge is 0.00338 e. The lowest BCUT2D eigenvalue weighted by Crippen LogP contribution is -2.35. The third-order valence-electron chi connectivity index (χ3n) is 4.61. The molecule has 2 rings (SSSR count). The van der Waals surface area contributed by atoms with Gasteiger partial charge in [-0.2, -0.15) is 0 Å². The molecule has 0 aliphatic carbocycles. The summed E-state index contributed by atoms with van der Waals surface area (Å²) < 4.78 is 0. The van der Waals surface area contributed by atoms with Crippen LogP contribution in [0.25, 0.3) is 0 Å². The predicted molar refractivity (Wildman–Crippen MR) is 91.5 cm³/mol. The number of halogens is 1. The van der Waals surface area contributed by atoms with Crippen molar-refractivity contribution in [1.29, 1.82) is 0 Å². The summed E-state index contributed by atoms with van der Waals surface area (Å²) in [5.41, 5.74) is 1.51. The van der Waals surface area contributed by atoms with Gasteiger partial charge in [0.1, 0.15) is 0 Å². The molecule has 0 radical (unpaired) electrons. The molecule has 1 nitrogen and oxygen atoms in total. The zero-order valence-electron chi connectivity index (χ0n) is 12.7. The molecule has 1 aromatic rings. The Balaban J connectivity index is 1.65. The molecule has 0 N–H and O–H groups in total. The first-order chi connectivity index (χ1) is 9.78. The van der Waals surface area contributed by atoms with Crippen molar-refractivity contribution in [2.75, 3.05) is 25.0 Å². The van der Waals surface area contributed by atoms with Crippen LogP contribution in [-0.4, -0.2) is 29.9 Å². The van der Waals surface area contributed by atoms with E-state index in [0.717, 1.165) is 17.2 Å². The van der Waals surface area contributed by atoms with Crippen molar-refractivity contribution in [3.05, 3.63) is 35.9 Å². The maximum absolute atomic E-state index is 3.54. The van der Waals surface area contributed by atoms with Gasteiger partial charge in [-0.1, -0.05) is 53.2 Å². The van der Waals surface area contributed by atoms with Crippen LogP contribution in [0.2, 0.25) is 0 Å². The first kappa shape index (κ1) is 16.0. The Morgan fingerprint density at radius 3 is 2.50 bits per heavy atom. The number of benzene rings is 1. The van der Waals surface area contributed by atoms with Gasteiger partial charge in [-0.15, -0.1) is 0 Å². The number of likely N-dealkylation sites (tertiary alicyclic amines) is 1. The largest absolute Gasteiger partial charge is 0.303 e. The lowest BCUT2D eigenvalue weighted by Gasteiger charge is -2.32. The van der Waals surface area contributed by atoms with Crippen molar-refractivity contribution in [1.82, 2.24) is 4.90 Å². The van der Waals surface area contributed by atoms with Crippen LogP contribution in [0.5, 0.6) is 0 Å². The number of piperidine rings is 1. The minimum Gasteiger partial charge on any atom is -0.303 e. The van der Waals surface area contributed by atoms with E-state index in [4.69, 9.17) is 0 Å². The maximum atomic E-state index is 3.54. The molecule has 2 heteroatoms. The molecule has 1 saturated heterocycles. The van der Waals surface area contributed by atoms with E-state index in [0.29, 0.717) is 0 Å². The molecule has 1 atom stereocenters. The standard InChI is InChI=1S/C18H28BrN/c1-16(7-11-19)8-12-20-13-9-18(10-14-20)15-17-5-3-2-4-6-17/h2-6,16,18H,7-15H2,1H3. The molecule has 112 valence electrons. The van der Waals surface area contributed by atoms with Crippen molar-refractivity contribution < 1.29 is 0 Å². The number of rotatable bonds is 7. The molecule has 20 heavy (non-hydrogen) atoms. The van der Waals surface area contributed by atoms with E-state index in [2.05, 4.69) is 58.1 Å².